The molecular weight excluding hydrogens is 116 g/mol. The first-order chi connectivity index (χ1) is 4.34. The molecule has 0 aliphatic carbocycles. The van der Waals surface area contributed by atoms with Crippen LogP contribution in [0.4, 0.5) is 0 Å². The molecule has 3 nitrogen and oxygen atoms in total. The van der Waals surface area contributed by atoms with E-state index in [4.69, 9.17) is 0 Å². The van der Waals surface area contributed by atoms with Crippen LogP contribution in [0.5, 0.6) is 0 Å². The Hall–Kier alpha value is -0.570. The Bertz CT molecular complexity index is 114. The van der Waals surface area contributed by atoms with E-state index in [1.807, 2.05) is 7.05 Å². The lowest BCUT2D eigenvalue weighted by molar-refractivity contribution is -0.122. The standard InChI is InChI=1S/C6H12N2O/c1-7-4-5-2-3-8-6(5)9/h5,7H,2-4H2,1H3,(H,8,9). The van der Waals surface area contributed by atoms with Gasteiger partial charge in [-0.3, -0.25) is 4.79 Å². The molecule has 1 atom stereocenters. The zero-order chi connectivity index (χ0) is 6.69. The molecule has 0 aromatic rings. The molecule has 9 heavy (non-hydrogen) atoms. The number of carbonyl (C=O) groups excluding carboxylic acids is 1. The maximum absolute atomic E-state index is 10.8. The Morgan fingerprint density at radius 1 is 1.89 bits per heavy atom. The van der Waals surface area contributed by atoms with E-state index >= 15 is 0 Å². The quantitative estimate of drug-likeness (QED) is 0.518. The number of hydrogen-bond donors (Lipinski definition) is 2. The maximum atomic E-state index is 10.8. The van der Waals surface area contributed by atoms with Crippen LogP contribution in [0.1, 0.15) is 6.42 Å². The normalized spacial score (nSPS) is 26.3. The van der Waals surface area contributed by atoms with E-state index in [0.717, 1.165) is 19.5 Å². The summed E-state index contributed by atoms with van der Waals surface area (Å²) in [6.45, 7) is 1.66. The van der Waals surface area contributed by atoms with E-state index < -0.39 is 0 Å². The first kappa shape index (κ1) is 6.55. The number of amides is 1. The fourth-order valence-electron chi connectivity index (χ4n) is 1.09. The second-order valence-electron chi connectivity index (χ2n) is 2.33. The molecule has 1 unspecified atom stereocenters. The summed E-state index contributed by atoms with van der Waals surface area (Å²) < 4.78 is 0. The minimum absolute atomic E-state index is 0.198. The zero-order valence-electron chi connectivity index (χ0n) is 5.61. The average molecular weight is 128 g/mol. The number of carbonyl (C=O) groups is 1. The van der Waals surface area contributed by atoms with Crippen LogP contribution in [0.15, 0.2) is 0 Å². The molecule has 1 fully saturated rings. The predicted molar refractivity (Wildman–Crippen MR) is 35.0 cm³/mol. The maximum Gasteiger partial charge on any atom is 0.224 e. The third kappa shape index (κ3) is 1.42. The van der Waals surface area contributed by atoms with E-state index in [-0.39, 0.29) is 11.8 Å². The molecule has 2 N–H and O–H groups in total. The first-order valence-corrected chi connectivity index (χ1v) is 3.27. The van der Waals surface area contributed by atoms with Gasteiger partial charge in [-0.2, -0.15) is 0 Å². The highest BCUT2D eigenvalue weighted by Crippen LogP contribution is 2.06. The fraction of sp³-hybridized carbons (Fsp3) is 0.833. The van der Waals surface area contributed by atoms with Crippen LogP contribution in [0.3, 0.4) is 0 Å². The Labute approximate surface area is 54.8 Å². The lowest BCUT2D eigenvalue weighted by Gasteiger charge is -2.02. The van der Waals surface area contributed by atoms with E-state index in [9.17, 15) is 4.79 Å². The SMILES string of the molecule is CNCC1CCNC1=O. The molecule has 1 saturated heterocycles. The summed E-state index contributed by atoms with van der Waals surface area (Å²) in [6, 6.07) is 0. The molecule has 3 heteroatoms. The van der Waals surface area contributed by atoms with Gasteiger partial charge >= 0.3 is 0 Å². The summed E-state index contributed by atoms with van der Waals surface area (Å²) in [5.41, 5.74) is 0. The number of nitrogens with one attached hydrogen (secondary N) is 2. The van der Waals surface area contributed by atoms with Crippen molar-refractivity contribution >= 4 is 5.91 Å². The molecule has 0 bridgehead atoms. The van der Waals surface area contributed by atoms with Gasteiger partial charge in [-0.1, -0.05) is 0 Å². The van der Waals surface area contributed by atoms with Crippen molar-refractivity contribution in [3.05, 3.63) is 0 Å². The van der Waals surface area contributed by atoms with Gasteiger partial charge in [-0.05, 0) is 13.5 Å². The van der Waals surface area contributed by atoms with Crippen molar-refractivity contribution in [2.45, 2.75) is 6.42 Å². The number of hydrogen-bond acceptors (Lipinski definition) is 2. The van der Waals surface area contributed by atoms with Crippen molar-refractivity contribution in [2.75, 3.05) is 20.1 Å². The predicted octanol–water partition coefficient (Wildman–Crippen LogP) is -0.658. The topological polar surface area (TPSA) is 41.1 Å². The molecule has 0 saturated carbocycles. The minimum Gasteiger partial charge on any atom is -0.356 e. The molecule has 0 aromatic carbocycles. The molecule has 0 radical (unpaired) electrons. The van der Waals surface area contributed by atoms with Gasteiger partial charge in [0.1, 0.15) is 0 Å². The molecule has 52 valence electrons. The summed E-state index contributed by atoms with van der Waals surface area (Å²) in [5, 5.41) is 5.75. The molecule has 1 rings (SSSR count). The molecule has 1 amide bonds. The monoisotopic (exact) mass is 128 g/mol. The lowest BCUT2D eigenvalue weighted by Crippen LogP contribution is -2.26. The lowest BCUT2D eigenvalue weighted by atomic mass is 10.1. The summed E-state index contributed by atoms with van der Waals surface area (Å²) in [6.07, 6.45) is 0.986. The molecular formula is C6H12N2O. The largest absolute Gasteiger partial charge is 0.356 e. The van der Waals surface area contributed by atoms with Crippen molar-refractivity contribution in [2.24, 2.45) is 5.92 Å². The summed E-state index contributed by atoms with van der Waals surface area (Å²) in [4.78, 5) is 10.8. The second-order valence-corrected chi connectivity index (χ2v) is 2.33. The fourth-order valence-corrected chi connectivity index (χ4v) is 1.09. The van der Waals surface area contributed by atoms with Crippen molar-refractivity contribution in [1.82, 2.24) is 10.6 Å². The number of rotatable bonds is 2. The van der Waals surface area contributed by atoms with Gasteiger partial charge in [0.05, 0.1) is 5.92 Å². The van der Waals surface area contributed by atoms with Crippen molar-refractivity contribution in [3.63, 3.8) is 0 Å². The highest BCUT2D eigenvalue weighted by molar-refractivity contribution is 5.80. The van der Waals surface area contributed by atoms with E-state index in [0.29, 0.717) is 0 Å². The van der Waals surface area contributed by atoms with Crippen LogP contribution in [0.2, 0.25) is 0 Å². The van der Waals surface area contributed by atoms with Crippen LogP contribution in [0, 0.1) is 5.92 Å². The van der Waals surface area contributed by atoms with Crippen LogP contribution in [-0.4, -0.2) is 26.0 Å². The highest BCUT2D eigenvalue weighted by Gasteiger charge is 2.22. The third-order valence-electron chi connectivity index (χ3n) is 1.61. The van der Waals surface area contributed by atoms with Crippen LogP contribution >= 0.6 is 0 Å². The summed E-state index contributed by atoms with van der Waals surface area (Å²) in [5.74, 6) is 0.416. The average Bonchev–Trinajstić information content (AvgIpc) is 2.18. The van der Waals surface area contributed by atoms with E-state index in [2.05, 4.69) is 10.6 Å². The smallest absolute Gasteiger partial charge is 0.224 e. The highest BCUT2D eigenvalue weighted by atomic mass is 16.2. The van der Waals surface area contributed by atoms with Gasteiger partial charge in [-0.15, -0.1) is 0 Å². The summed E-state index contributed by atoms with van der Waals surface area (Å²) in [7, 11) is 1.87. The van der Waals surface area contributed by atoms with Crippen LogP contribution in [0.25, 0.3) is 0 Å². The van der Waals surface area contributed by atoms with Gasteiger partial charge in [0.15, 0.2) is 0 Å². The molecule has 0 spiro atoms. The zero-order valence-corrected chi connectivity index (χ0v) is 5.61. The van der Waals surface area contributed by atoms with Gasteiger partial charge in [0.25, 0.3) is 0 Å². The van der Waals surface area contributed by atoms with Crippen molar-refractivity contribution < 1.29 is 4.79 Å². The third-order valence-corrected chi connectivity index (χ3v) is 1.61. The molecule has 1 aliphatic heterocycles. The van der Waals surface area contributed by atoms with Crippen molar-refractivity contribution in [1.29, 1.82) is 0 Å². The Morgan fingerprint density at radius 2 is 2.67 bits per heavy atom. The van der Waals surface area contributed by atoms with Gasteiger partial charge < -0.3 is 10.6 Å². The molecule has 1 heterocycles. The van der Waals surface area contributed by atoms with E-state index in [1.165, 1.54) is 0 Å². The van der Waals surface area contributed by atoms with Gasteiger partial charge in [0, 0.05) is 13.1 Å². The van der Waals surface area contributed by atoms with Gasteiger partial charge in [0.2, 0.25) is 5.91 Å². The first-order valence-electron chi connectivity index (χ1n) is 3.27. The second kappa shape index (κ2) is 2.82. The Morgan fingerprint density at radius 3 is 3.11 bits per heavy atom. The Kier molecular flexibility index (Phi) is 2.05. The van der Waals surface area contributed by atoms with Crippen molar-refractivity contribution in [3.8, 4) is 0 Å². The Balaban J connectivity index is 2.31. The van der Waals surface area contributed by atoms with Crippen LogP contribution < -0.4 is 10.6 Å². The van der Waals surface area contributed by atoms with E-state index in [1.54, 1.807) is 0 Å². The van der Waals surface area contributed by atoms with Gasteiger partial charge in [-0.25, -0.2) is 0 Å². The molecule has 0 aromatic heterocycles. The van der Waals surface area contributed by atoms with Crippen LogP contribution in [-0.2, 0) is 4.79 Å². The summed E-state index contributed by atoms with van der Waals surface area (Å²) >= 11 is 0. The molecule has 1 aliphatic rings. The minimum atomic E-state index is 0.198.